The van der Waals surface area contributed by atoms with Gasteiger partial charge in [-0.15, -0.1) is 13.2 Å². The monoisotopic (exact) mass is 183 g/mol. The van der Waals surface area contributed by atoms with E-state index >= 15 is 0 Å². The van der Waals surface area contributed by atoms with Crippen LogP contribution in [0.4, 0.5) is 13.2 Å². The van der Waals surface area contributed by atoms with E-state index in [-0.39, 0.29) is 5.06 Å². The maximum absolute atomic E-state index is 11.5. The number of ether oxygens (including phenoxy) is 1. The highest BCUT2D eigenvalue weighted by atomic mass is 32.1. The minimum Gasteiger partial charge on any atom is -0.394 e. The number of aromatic nitrogens is 1. The highest BCUT2D eigenvalue weighted by Crippen LogP contribution is 2.27. The Balaban J connectivity index is 2.65. The van der Waals surface area contributed by atoms with Crippen LogP contribution >= 0.6 is 11.3 Å². The van der Waals surface area contributed by atoms with Gasteiger partial charge in [-0.3, -0.25) is 0 Å². The van der Waals surface area contributed by atoms with Crippen LogP contribution in [0.15, 0.2) is 6.20 Å². The molecule has 0 spiro atoms. The number of nitrogens with zero attached hydrogens (tertiary/aromatic N) is 1. The van der Waals surface area contributed by atoms with Crippen LogP contribution in [-0.4, -0.2) is 11.3 Å². The standard InChI is InChI=1S/C5H4F3NOS/c1-3-9-2-4(11-3)10-5(6,7)8/h2H,1H3. The lowest BCUT2D eigenvalue weighted by Gasteiger charge is -2.03. The Morgan fingerprint density at radius 1 is 1.55 bits per heavy atom. The summed E-state index contributed by atoms with van der Waals surface area (Å²) in [4.78, 5) is 3.59. The van der Waals surface area contributed by atoms with Gasteiger partial charge >= 0.3 is 6.36 Å². The van der Waals surface area contributed by atoms with Gasteiger partial charge in [0.1, 0.15) is 0 Å². The van der Waals surface area contributed by atoms with Crippen molar-refractivity contribution in [3.8, 4) is 5.06 Å². The average molecular weight is 183 g/mol. The zero-order chi connectivity index (χ0) is 8.48. The number of alkyl halides is 3. The Kier molecular flexibility index (Phi) is 2.03. The summed E-state index contributed by atoms with van der Waals surface area (Å²) in [6.07, 6.45) is -3.56. The molecule has 0 unspecified atom stereocenters. The molecule has 0 aliphatic rings. The topological polar surface area (TPSA) is 22.1 Å². The van der Waals surface area contributed by atoms with E-state index < -0.39 is 6.36 Å². The van der Waals surface area contributed by atoms with Gasteiger partial charge in [-0.1, -0.05) is 11.3 Å². The third-order valence-corrected chi connectivity index (χ3v) is 1.61. The van der Waals surface area contributed by atoms with Gasteiger partial charge in [0, 0.05) is 0 Å². The van der Waals surface area contributed by atoms with E-state index in [9.17, 15) is 13.2 Å². The zero-order valence-corrected chi connectivity index (χ0v) is 6.29. The van der Waals surface area contributed by atoms with Crippen molar-refractivity contribution in [2.75, 3.05) is 0 Å². The fraction of sp³-hybridized carbons (Fsp3) is 0.400. The Hall–Kier alpha value is -0.780. The normalized spacial score (nSPS) is 11.6. The minimum atomic E-state index is -4.61. The van der Waals surface area contributed by atoms with Gasteiger partial charge in [0.15, 0.2) is 0 Å². The van der Waals surface area contributed by atoms with E-state index in [4.69, 9.17) is 0 Å². The number of halogens is 3. The molecule has 0 aliphatic heterocycles. The zero-order valence-electron chi connectivity index (χ0n) is 5.47. The molecule has 0 aromatic carbocycles. The quantitative estimate of drug-likeness (QED) is 0.666. The van der Waals surface area contributed by atoms with Crippen LogP contribution in [0.2, 0.25) is 0 Å². The van der Waals surface area contributed by atoms with Crippen molar-refractivity contribution >= 4 is 11.3 Å². The molecule has 0 bridgehead atoms. The lowest BCUT2D eigenvalue weighted by Crippen LogP contribution is -2.16. The molecule has 0 radical (unpaired) electrons. The molecule has 0 amide bonds. The predicted octanol–water partition coefficient (Wildman–Crippen LogP) is 2.35. The summed E-state index contributed by atoms with van der Waals surface area (Å²) in [6.45, 7) is 1.61. The molecule has 1 rings (SSSR count). The first-order valence-corrected chi connectivity index (χ1v) is 3.47. The van der Waals surface area contributed by atoms with E-state index in [0.717, 1.165) is 17.5 Å². The predicted molar refractivity (Wildman–Crippen MR) is 33.5 cm³/mol. The van der Waals surface area contributed by atoms with Crippen LogP contribution in [-0.2, 0) is 0 Å². The van der Waals surface area contributed by atoms with Crippen molar-refractivity contribution < 1.29 is 17.9 Å². The lowest BCUT2D eigenvalue weighted by atomic mass is 10.8. The van der Waals surface area contributed by atoms with Crippen molar-refractivity contribution in [3.05, 3.63) is 11.2 Å². The van der Waals surface area contributed by atoms with E-state index in [1.165, 1.54) is 0 Å². The first-order valence-electron chi connectivity index (χ1n) is 2.65. The second-order valence-electron chi connectivity index (χ2n) is 1.75. The molecule has 11 heavy (non-hydrogen) atoms. The van der Waals surface area contributed by atoms with Crippen LogP contribution in [0, 0.1) is 6.92 Å². The first kappa shape index (κ1) is 8.32. The summed E-state index contributed by atoms with van der Waals surface area (Å²) in [6, 6.07) is 0. The van der Waals surface area contributed by atoms with Crippen LogP contribution in [0.3, 0.4) is 0 Å². The van der Waals surface area contributed by atoms with Crippen LogP contribution in [0.5, 0.6) is 5.06 Å². The molecule has 0 N–H and O–H groups in total. The van der Waals surface area contributed by atoms with Gasteiger partial charge in [-0.25, -0.2) is 4.98 Å². The van der Waals surface area contributed by atoms with Crippen LogP contribution in [0.25, 0.3) is 0 Å². The Morgan fingerprint density at radius 3 is 2.55 bits per heavy atom. The fourth-order valence-electron chi connectivity index (χ4n) is 0.503. The van der Waals surface area contributed by atoms with Gasteiger partial charge in [-0.2, -0.15) is 0 Å². The summed E-state index contributed by atoms with van der Waals surface area (Å²) >= 11 is 0.861. The summed E-state index contributed by atoms with van der Waals surface area (Å²) in [5.74, 6) is 0. The first-order chi connectivity index (χ1) is 4.97. The van der Waals surface area contributed by atoms with Crippen LogP contribution < -0.4 is 4.74 Å². The highest BCUT2D eigenvalue weighted by molar-refractivity contribution is 7.13. The number of aryl methyl sites for hydroxylation is 1. The molecule has 1 heterocycles. The Labute approximate surface area is 64.6 Å². The van der Waals surface area contributed by atoms with Crippen molar-refractivity contribution in [3.63, 3.8) is 0 Å². The average Bonchev–Trinajstić information content (AvgIpc) is 2.10. The van der Waals surface area contributed by atoms with E-state index in [0.29, 0.717) is 5.01 Å². The molecule has 2 nitrogen and oxygen atoms in total. The Bertz CT molecular complexity index is 244. The molecular weight excluding hydrogens is 179 g/mol. The molecule has 0 aliphatic carbocycles. The maximum atomic E-state index is 11.5. The molecule has 6 heteroatoms. The molecule has 0 saturated carbocycles. The Morgan fingerprint density at radius 2 is 2.18 bits per heavy atom. The summed E-state index contributed by atoms with van der Waals surface area (Å²) < 4.78 is 38.1. The van der Waals surface area contributed by atoms with E-state index in [2.05, 4.69) is 9.72 Å². The third-order valence-electron chi connectivity index (χ3n) is 0.816. The lowest BCUT2D eigenvalue weighted by molar-refractivity contribution is -0.273. The molecule has 0 fully saturated rings. The molecular formula is C5H4F3NOS. The third kappa shape index (κ3) is 2.75. The maximum Gasteiger partial charge on any atom is 0.573 e. The number of hydrogen-bond acceptors (Lipinski definition) is 3. The van der Waals surface area contributed by atoms with Gasteiger partial charge in [0.2, 0.25) is 5.06 Å². The SMILES string of the molecule is Cc1ncc(OC(F)(F)F)s1. The molecule has 1 aromatic heterocycles. The van der Waals surface area contributed by atoms with Crippen LogP contribution in [0.1, 0.15) is 5.01 Å². The highest BCUT2D eigenvalue weighted by Gasteiger charge is 2.31. The minimum absolute atomic E-state index is 0.227. The molecule has 62 valence electrons. The van der Waals surface area contributed by atoms with Gasteiger partial charge in [-0.05, 0) is 6.92 Å². The summed E-state index contributed by atoms with van der Waals surface area (Å²) in [5.41, 5.74) is 0. The van der Waals surface area contributed by atoms with Crippen molar-refractivity contribution in [2.45, 2.75) is 13.3 Å². The van der Waals surface area contributed by atoms with Crippen molar-refractivity contribution in [2.24, 2.45) is 0 Å². The summed E-state index contributed by atoms with van der Waals surface area (Å²) in [5, 5.41) is 0.319. The smallest absolute Gasteiger partial charge is 0.394 e. The second kappa shape index (κ2) is 2.69. The van der Waals surface area contributed by atoms with Gasteiger partial charge in [0.05, 0.1) is 11.2 Å². The summed E-state index contributed by atoms with van der Waals surface area (Å²) in [7, 11) is 0. The number of rotatable bonds is 1. The van der Waals surface area contributed by atoms with Crippen molar-refractivity contribution in [1.29, 1.82) is 0 Å². The number of hydrogen-bond donors (Lipinski definition) is 0. The van der Waals surface area contributed by atoms with E-state index in [1.54, 1.807) is 6.92 Å². The number of thiazole rings is 1. The largest absolute Gasteiger partial charge is 0.573 e. The van der Waals surface area contributed by atoms with Gasteiger partial charge in [0.25, 0.3) is 0 Å². The fourth-order valence-corrected chi connectivity index (χ4v) is 1.14. The van der Waals surface area contributed by atoms with E-state index in [1.807, 2.05) is 0 Å². The molecule has 0 atom stereocenters. The van der Waals surface area contributed by atoms with Crippen molar-refractivity contribution in [1.82, 2.24) is 4.98 Å². The van der Waals surface area contributed by atoms with Gasteiger partial charge < -0.3 is 4.74 Å². The second-order valence-corrected chi connectivity index (χ2v) is 2.94. The molecule has 0 saturated heterocycles. The molecule has 1 aromatic rings.